The summed E-state index contributed by atoms with van der Waals surface area (Å²) in [5, 5.41) is 4.41. The van der Waals surface area contributed by atoms with Crippen molar-refractivity contribution in [3.05, 3.63) is 66.4 Å². The lowest BCUT2D eigenvalue weighted by Gasteiger charge is -2.34. The number of hydrogen-bond acceptors (Lipinski definition) is 6. The number of aromatic nitrogens is 4. The molecule has 2 aromatic heterocycles. The minimum atomic E-state index is -0.151. The van der Waals surface area contributed by atoms with Crippen LogP contribution in [0, 0.1) is 0 Å². The van der Waals surface area contributed by atoms with E-state index in [1.54, 1.807) is 18.6 Å². The molecule has 8 nitrogen and oxygen atoms in total. The summed E-state index contributed by atoms with van der Waals surface area (Å²) in [6.45, 7) is 4.05. The highest BCUT2D eigenvalue weighted by Gasteiger charge is 2.31. The molecule has 2 aliphatic rings. The maximum Gasteiger partial charge on any atom is 0.278 e. The summed E-state index contributed by atoms with van der Waals surface area (Å²) < 4.78 is 8.10. The van der Waals surface area contributed by atoms with Crippen LogP contribution in [0.2, 0.25) is 0 Å². The summed E-state index contributed by atoms with van der Waals surface area (Å²) in [4.78, 5) is 26.4. The third kappa shape index (κ3) is 4.68. The molecule has 8 heteroatoms. The van der Waals surface area contributed by atoms with Gasteiger partial charge in [-0.25, -0.2) is 4.98 Å². The quantitative estimate of drug-likeness (QED) is 0.532. The van der Waals surface area contributed by atoms with Gasteiger partial charge in [-0.3, -0.25) is 14.5 Å². The van der Waals surface area contributed by atoms with Crippen LogP contribution in [0.5, 0.6) is 0 Å². The van der Waals surface area contributed by atoms with Crippen molar-refractivity contribution in [2.75, 3.05) is 36.5 Å². The number of carbonyl (C=O) groups excluding carboxylic acids is 1. The van der Waals surface area contributed by atoms with Gasteiger partial charge in [-0.2, -0.15) is 5.10 Å². The number of amides is 1. The Morgan fingerprint density at radius 2 is 2.03 bits per heavy atom. The van der Waals surface area contributed by atoms with Gasteiger partial charge in [-0.05, 0) is 43.9 Å². The summed E-state index contributed by atoms with van der Waals surface area (Å²) >= 11 is 0. The third-order valence-corrected chi connectivity index (χ3v) is 7.05. The van der Waals surface area contributed by atoms with Gasteiger partial charge < -0.3 is 14.5 Å². The molecule has 34 heavy (non-hydrogen) atoms. The van der Waals surface area contributed by atoms with E-state index in [1.165, 1.54) is 12.8 Å². The predicted octanol–water partition coefficient (Wildman–Crippen LogP) is 3.90. The summed E-state index contributed by atoms with van der Waals surface area (Å²) in [5.74, 6) is 0.515. The largest absolute Gasteiger partial charge is 0.373 e. The molecule has 3 heterocycles. The van der Waals surface area contributed by atoms with Crippen LogP contribution < -0.4 is 9.80 Å². The van der Waals surface area contributed by atoms with Gasteiger partial charge in [-0.1, -0.05) is 31.0 Å². The van der Waals surface area contributed by atoms with Crippen LogP contribution in [0.3, 0.4) is 0 Å². The topological polar surface area (TPSA) is 76.4 Å². The number of hydrogen-bond donors (Lipinski definition) is 0. The standard InChI is InChI=1S/C26H32N6O2/c1-26(10-5-6-11-26)34-15-14-30(2)24-18-27-17-22(29-24)25(33)31-19-21(32-13-7-12-28-32)16-20-8-3-4-9-23(20)31/h3-4,7-9,12-13,17-18,21H,5-6,10-11,14-16,19H2,1-2H3. The van der Waals surface area contributed by atoms with Crippen molar-refractivity contribution in [3.63, 3.8) is 0 Å². The first kappa shape index (κ1) is 22.5. The molecule has 0 saturated heterocycles. The Labute approximate surface area is 200 Å². The first-order valence-electron chi connectivity index (χ1n) is 12.1. The molecule has 1 atom stereocenters. The highest BCUT2D eigenvalue weighted by Crippen LogP contribution is 2.33. The predicted molar refractivity (Wildman–Crippen MR) is 131 cm³/mol. The van der Waals surface area contributed by atoms with E-state index < -0.39 is 0 Å². The normalized spacial score (nSPS) is 19.1. The molecule has 178 valence electrons. The molecule has 5 rings (SSSR count). The Morgan fingerprint density at radius 1 is 1.21 bits per heavy atom. The Hall–Kier alpha value is -3.26. The SMILES string of the molecule is CN(CCOC1(C)CCCC1)c1cncc(C(=O)N2CC(n3cccn3)Cc3ccccc32)n1. The van der Waals surface area contributed by atoms with Crippen molar-refractivity contribution < 1.29 is 9.53 Å². The van der Waals surface area contributed by atoms with Crippen LogP contribution >= 0.6 is 0 Å². The van der Waals surface area contributed by atoms with Crippen LogP contribution in [0.15, 0.2) is 55.1 Å². The highest BCUT2D eigenvalue weighted by atomic mass is 16.5. The van der Waals surface area contributed by atoms with Crippen molar-refractivity contribution in [3.8, 4) is 0 Å². The monoisotopic (exact) mass is 460 g/mol. The van der Waals surface area contributed by atoms with Gasteiger partial charge in [0.05, 0.1) is 30.6 Å². The van der Waals surface area contributed by atoms with Crippen LogP contribution in [0.4, 0.5) is 11.5 Å². The fourth-order valence-corrected chi connectivity index (χ4v) is 5.03. The molecule has 1 unspecified atom stereocenters. The van der Waals surface area contributed by atoms with Crippen molar-refractivity contribution in [2.24, 2.45) is 0 Å². The molecule has 0 N–H and O–H groups in total. The van der Waals surface area contributed by atoms with Crippen LogP contribution in [0.1, 0.15) is 54.7 Å². The number of ether oxygens (including phenoxy) is 1. The minimum Gasteiger partial charge on any atom is -0.373 e. The molecular weight excluding hydrogens is 428 g/mol. The zero-order valence-corrected chi connectivity index (χ0v) is 19.9. The zero-order chi connectivity index (χ0) is 23.5. The van der Waals surface area contributed by atoms with Crippen molar-refractivity contribution in [1.82, 2.24) is 19.7 Å². The van der Waals surface area contributed by atoms with Gasteiger partial charge in [0, 0.05) is 38.2 Å². The van der Waals surface area contributed by atoms with E-state index in [0.717, 1.165) is 30.5 Å². The fraction of sp³-hybridized carbons (Fsp3) is 0.462. The maximum absolute atomic E-state index is 13.6. The smallest absolute Gasteiger partial charge is 0.278 e. The molecule has 1 saturated carbocycles. The second-order valence-electron chi connectivity index (χ2n) is 9.58. The van der Waals surface area contributed by atoms with E-state index in [-0.39, 0.29) is 17.6 Å². The second-order valence-corrected chi connectivity index (χ2v) is 9.58. The molecule has 1 aliphatic heterocycles. The lowest BCUT2D eigenvalue weighted by Crippen LogP contribution is -2.41. The average Bonchev–Trinajstić information content (AvgIpc) is 3.55. The number of benzene rings is 1. The number of nitrogens with zero attached hydrogens (tertiary/aromatic N) is 6. The number of carbonyl (C=O) groups is 1. The average molecular weight is 461 g/mol. The van der Waals surface area contributed by atoms with Gasteiger partial charge in [0.2, 0.25) is 0 Å². The lowest BCUT2D eigenvalue weighted by atomic mass is 9.97. The van der Waals surface area contributed by atoms with Gasteiger partial charge in [-0.15, -0.1) is 0 Å². The molecule has 0 bridgehead atoms. The molecular formula is C26H32N6O2. The van der Waals surface area contributed by atoms with Crippen molar-refractivity contribution in [1.29, 1.82) is 0 Å². The van der Waals surface area contributed by atoms with Gasteiger partial charge in [0.1, 0.15) is 11.5 Å². The summed E-state index contributed by atoms with van der Waals surface area (Å²) in [7, 11) is 1.96. The molecule has 1 fully saturated rings. The zero-order valence-electron chi connectivity index (χ0n) is 19.9. The van der Waals surface area contributed by atoms with Crippen molar-refractivity contribution in [2.45, 2.75) is 50.7 Å². The molecule has 1 aliphatic carbocycles. The van der Waals surface area contributed by atoms with E-state index in [2.05, 4.69) is 28.1 Å². The van der Waals surface area contributed by atoms with E-state index in [9.17, 15) is 4.79 Å². The molecule has 3 aromatic rings. The first-order chi connectivity index (χ1) is 16.5. The summed E-state index contributed by atoms with van der Waals surface area (Å²) in [5.41, 5.74) is 2.39. The van der Waals surface area contributed by atoms with Gasteiger partial charge in [0.25, 0.3) is 5.91 Å². The maximum atomic E-state index is 13.6. The van der Waals surface area contributed by atoms with Gasteiger partial charge in [0.15, 0.2) is 0 Å². The Bertz CT molecular complexity index is 1130. The number of para-hydroxylation sites is 1. The number of anilines is 2. The Balaban J connectivity index is 1.31. The first-order valence-corrected chi connectivity index (χ1v) is 12.1. The lowest BCUT2D eigenvalue weighted by molar-refractivity contribution is -0.0221. The fourth-order valence-electron chi connectivity index (χ4n) is 5.03. The molecule has 1 amide bonds. The number of fused-ring (bicyclic) bond motifs is 1. The molecule has 0 spiro atoms. The molecule has 1 aromatic carbocycles. The van der Waals surface area contributed by atoms with Crippen LogP contribution in [0.25, 0.3) is 0 Å². The van der Waals surface area contributed by atoms with E-state index in [1.807, 2.05) is 52.0 Å². The van der Waals surface area contributed by atoms with E-state index in [4.69, 9.17) is 4.74 Å². The van der Waals surface area contributed by atoms with Crippen molar-refractivity contribution >= 4 is 17.4 Å². The third-order valence-electron chi connectivity index (χ3n) is 7.05. The highest BCUT2D eigenvalue weighted by molar-refractivity contribution is 6.05. The van der Waals surface area contributed by atoms with E-state index in [0.29, 0.717) is 31.2 Å². The Kier molecular flexibility index (Phi) is 6.32. The summed E-state index contributed by atoms with van der Waals surface area (Å²) in [6.07, 6.45) is 12.5. The number of likely N-dealkylation sites (N-methyl/N-ethyl adjacent to an activating group) is 1. The number of rotatable bonds is 7. The summed E-state index contributed by atoms with van der Waals surface area (Å²) in [6, 6.07) is 10.0. The van der Waals surface area contributed by atoms with Gasteiger partial charge >= 0.3 is 0 Å². The minimum absolute atomic E-state index is 0.00288. The van der Waals surface area contributed by atoms with Crippen LogP contribution in [-0.4, -0.2) is 58.0 Å². The second kappa shape index (κ2) is 9.54. The Morgan fingerprint density at radius 3 is 2.82 bits per heavy atom. The molecule has 0 radical (unpaired) electrons. The van der Waals surface area contributed by atoms with Crippen LogP contribution in [-0.2, 0) is 11.2 Å². The van der Waals surface area contributed by atoms with E-state index >= 15 is 0 Å².